The second-order valence-electron chi connectivity index (χ2n) is 5.77. The number of hydrogen-bond donors (Lipinski definition) is 2. The Hall–Kier alpha value is -2.86. The molecular weight excluding hydrogens is 318 g/mol. The molecule has 6 nitrogen and oxygen atoms in total. The van der Waals surface area contributed by atoms with Gasteiger partial charge in [0.05, 0.1) is 30.6 Å². The first-order chi connectivity index (χ1) is 12.2. The van der Waals surface area contributed by atoms with Gasteiger partial charge in [-0.2, -0.15) is 0 Å². The Labute approximate surface area is 146 Å². The summed E-state index contributed by atoms with van der Waals surface area (Å²) in [5.41, 5.74) is 2.63. The monoisotopic (exact) mass is 339 g/mol. The first-order valence-corrected chi connectivity index (χ1v) is 8.16. The van der Waals surface area contributed by atoms with Gasteiger partial charge >= 0.3 is 0 Å². The van der Waals surface area contributed by atoms with Gasteiger partial charge in [-0.25, -0.2) is 4.98 Å². The van der Waals surface area contributed by atoms with Crippen molar-refractivity contribution in [3.05, 3.63) is 60.4 Å². The van der Waals surface area contributed by atoms with Gasteiger partial charge in [-0.05, 0) is 29.8 Å². The Morgan fingerprint density at radius 1 is 1.28 bits per heavy atom. The van der Waals surface area contributed by atoms with Gasteiger partial charge in [-0.15, -0.1) is 0 Å². The van der Waals surface area contributed by atoms with Gasteiger partial charge in [0.1, 0.15) is 5.75 Å². The molecule has 3 aromatic rings. The van der Waals surface area contributed by atoms with Crippen LogP contribution in [0.15, 0.2) is 54.9 Å². The molecular formula is C19H21N3O3. The molecule has 1 aromatic heterocycles. The number of nitrogens with zero attached hydrogens (tertiary/aromatic N) is 2. The molecule has 0 fully saturated rings. The van der Waals surface area contributed by atoms with E-state index in [9.17, 15) is 9.90 Å². The van der Waals surface area contributed by atoms with E-state index in [0.29, 0.717) is 24.3 Å². The third-order valence-electron chi connectivity index (χ3n) is 4.08. The summed E-state index contributed by atoms with van der Waals surface area (Å²) >= 11 is 0. The lowest BCUT2D eigenvalue weighted by Crippen LogP contribution is -2.29. The van der Waals surface area contributed by atoms with Crippen LogP contribution in [0.1, 0.15) is 18.1 Å². The molecule has 130 valence electrons. The number of rotatable bonds is 7. The van der Waals surface area contributed by atoms with E-state index in [1.807, 2.05) is 41.0 Å². The number of imidazole rings is 1. The van der Waals surface area contributed by atoms with E-state index in [-0.39, 0.29) is 12.5 Å². The minimum absolute atomic E-state index is 0.111. The van der Waals surface area contributed by atoms with Gasteiger partial charge in [-0.1, -0.05) is 24.3 Å². The summed E-state index contributed by atoms with van der Waals surface area (Å²) in [4.78, 5) is 16.4. The zero-order chi connectivity index (χ0) is 17.6. The number of ether oxygens (including phenoxy) is 1. The minimum atomic E-state index is -0.770. The summed E-state index contributed by atoms with van der Waals surface area (Å²) in [5, 5.41) is 13.0. The zero-order valence-corrected chi connectivity index (χ0v) is 14.1. The van der Waals surface area contributed by atoms with Crippen LogP contribution in [0.4, 0.5) is 0 Å². The summed E-state index contributed by atoms with van der Waals surface area (Å²) < 4.78 is 7.09. The number of benzene rings is 2. The maximum absolute atomic E-state index is 12.1. The van der Waals surface area contributed by atoms with Crippen LogP contribution in [0.3, 0.4) is 0 Å². The first kappa shape index (κ1) is 17.0. The molecule has 1 heterocycles. The van der Waals surface area contributed by atoms with Gasteiger partial charge in [-0.3, -0.25) is 4.79 Å². The number of carbonyl (C=O) groups is 1. The molecule has 2 N–H and O–H groups in total. The quantitative estimate of drug-likeness (QED) is 0.692. The Morgan fingerprint density at radius 2 is 2.12 bits per heavy atom. The highest BCUT2D eigenvalue weighted by atomic mass is 16.5. The Bertz CT molecular complexity index is 860. The number of fused-ring (bicyclic) bond motifs is 1. The number of carbonyl (C=O) groups excluding carboxylic acids is 1. The maximum Gasteiger partial charge on any atom is 0.221 e. The number of methoxy groups -OCH3 is 1. The Balaban J connectivity index is 1.51. The number of para-hydroxylation sites is 2. The van der Waals surface area contributed by atoms with Gasteiger partial charge in [0.25, 0.3) is 0 Å². The van der Waals surface area contributed by atoms with Crippen molar-refractivity contribution < 1.29 is 14.6 Å². The molecule has 0 radical (unpaired) electrons. The van der Waals surface area contributed by atoms with Crippen molar-refractivity contribution >= 4 is 16.9 Å². The van der Waals surface area contributed by atoms with Crippen molar-refractivity contribution in [3.8, 4) is 5.75 Å². The van der Waals surface area contributed by atoms with Crippen molar-refractivity contribution in [2.24, 2.45) is 0 Å². The fourth-order valence-corrected chi connectivity index (χ4v) is 2.68. The fraction of sp³-hybridized carbons (Fsp3) is 0.263. The van der Waals surface area contributed by atoms with Crippen LogP contribution in [0.25, 0.3) is 11.0 Å². The highest BCUT2D eigenvalue weighted by molar-refractivity contribution is 5.77. The first-order valence-electron chi connectivity index (χ1n) is 8.16. The second kappa shape index (κ2) is 7.81. The topological polar surface area (TPSA) is 76.4 Å². The molecule has 0 aliphatic carbocycles. The second-order valence-corrected chi connectivity index (χ2v) is 5.77. The average Bonchev–Trinajstić information content (AvgIpc) is 3.07. The van der Waals surface area contributed by atoms with Crippen LogP contribution in [0, 0.1) is 0 Å². The number of nitrogens with one attached hydrogen (secondary N) is 1. The van der Waals surface area contributed by atoms with Crippen LogP contribution >= 0.6 is 0 Å². The molecule has 0 bridgehead atoms. The van der Waals surface area contributed by atoms with E-state index < -0.39 is 6.10 Å². The molecule has 3 rings (SSSR count). The number of aryl methyl sites for hydroxylation is 1. The van der Waals surface area contributed by atoms with Crippen molar-refractivity contribution in [2.75, 3.05) is 13.7 Å². The fourth-order valence-electron chi connectivity index (χ4n) is 2.68. The third kappa shape index (κ3) is 4.16. The Kier molecular flexibility index (Phi) is 5.30. The van der Waals surface area contributed by atoms with Crippen LogP contribution < -0.4 is 10.1 Å². The number of hydrogen-bond acceptors (Lipinski definition) is 4. The summed E-state index contributed by atoms with van der Waals surface area (Å²) in [6.45, 7) is 0.707. The summed E-state index contributed by atoms with van der Waals surface area (Å²) in [6.07, 6.45) is 1.29. The molecule has 6 heteroatoms. The average molecular weight is 339 g/mol. The van der Waals surface area contributed by atoms with Gasteiger partial charge in [0.15, 0.2) is 0 Å². The maximum atomic E-state index is 12.1. The number of aromatic nitrogens is 2. The van der Waals surface area contributed by atoms with E-state index in [2.05, 4.69) is 10.3 Å². The van der Waals surface area contributed by atoms with Crippen molar-refractivity contribution in [1.29, 1.82) is 0 Å². The number of aliphatic hydroxyl groups excluding tert-OH is 1. The predicted molar refractivity (Wildman–Crippen MR) is 95.3 cm³/mol. The van der Waals surface area contributed by atoms with E-state index in [0.717, 1.165) is 11.0 Å². The lowest BCUT2D eigenvalue weighted by atomic mass is 10.1. The predicted octanol–water partition coefficient (Wildman–Crippen LogP) is 2.28. The molecule has 0 aliphatic heterocycles. The van der Waals surface area contributed by atoms with E-state index in [4.69, 9.17) is 4.74 Å². The number of aliphatic hydroxyl groups is 1. The van der Waals surface area contributed by atoms with E-state index >= 15 is 0 Å². The van der Waals surface area contributed by atoms with Gasteiger partial charge in [0.2, 0.25) is 5.91 Å². The summed E-state index contributed by atoms with van der Waals surface area (Å²) in [6, 6.07) is 15.0. The smallest absolute Gasteiger partial charge is 0.221 e. The molecule has 2 aromatic carbocycles. The molecule has 25 heavy (non-hydrogen) atoms. The third-order valence-corrected chi connectivity index (χ3v) is 4.08. The lowest BCUT2D eigenvalue weighted by molar-refractivity contribution is -0.121. The van der Waals surface area contributed by atoms with Crippen LogP contribution in [0.5, 0.6) is 5.75 Å². The van der Waals surface area contributed by atoms with Gasteiger partial charge < -0.3 is 19.7 Å². The highest BCUT2D eigenvalue weighted by Gasteiger charge is 2.11. The molecule has 0 saturated carbocycles. The molecule has 1 atom stereocenters. The highest BCUT2D eigenvalue weighted by Crippen LogP contribution is 2.18. The van der Waals surface area contributed by atoms with Crippen LogP contribution in [-0.4, -0.2) is 34.2 Å². The summed E-state index contributed by atoms with van der Waals surface area (Å²) in [5.74, 6) is 0.564. The van der Waals surface area contributed by atoms with Crippen molar-refractivity contribution in [1.82, 2.24) is 14.9 Å². The minimum Gasteiger partial charge on any atom is -0.497 e. The largest absolute Gasteiger partial charge is 0.497 e. The summed E-state index contributed by atoms with van der Waals surface area (Å²) in [7, 11) is 1.58. The SMILES string of the molecule is COc1cccc([C@@H](O)CNC(=O)CCn2cnc3ccccc32)c1. The Morgan fingerprint density at radius 3 is 2.96 bits per heavy atom. The van der Waals surface area contributed by atoms with Crippen LogP contribution in [-0.2, 0) is 11.3 Å². The van der Waals surface area contributed by atoms with E-state index in [1.165, 1.54) is 0 Å². The molecule has 0 unspecified atom stereocenters. The van der Waals surface area contributed by atoms with Crippen molar-refractivity contribution in [2.45, 2.75) is 19.1 Å². The normalized spacial score (nSPS) is 12.1. The van der Waals surface area contributed by atoms with Crippen molar-refractivity contribution in [3.63, 3.8) is 0 Å². The van der Waals surface area contributed by atoms with E-state index in [1.54, 1.807) is 25.6 Å². The molecule has 0 saturated heterocycles. The standard InChI is InChI=1S/C19H21N3O3/c1-25-15-6-4-5-14(11-15)18(23)12-20-19(24)9-10-22-13-21-16-7-2-3-8-17(16)22/h2-8,11,13,18,23H,9-10,12H2,1H3,(H,20,24)/t18-/m0/s1. The molecule has 0 spiro atoms. The van der Waals surface area contributed by atoms with Crippen LogP contribution in [0.2, 0.25) is 0 Å². The lowest BCUT2D eigenvalue weighted by Gasteiger charge is -2.13. The number of amides is 1. The zero-order valence-electron chi connectivity index (χ0n) is 14.1. The molecule has 1 amide bonds. The van der Waals surface area contributed by atoms with Gasteiger partial charge in [0, 0.05) is 19.5 Å². The molecule has 0 aliphatic rings.